The number of carbonyl (C=O) groups is 1. The average Bonchev–Trinajstić information content (AvgIpc) is 3.39. The van der Waals surface area contributed by atoms with Crippen LogP contribution in [0.1, 0.15) is 43.7 Å². The lowest BCUT2D eigenvalue weighted by molar-refractivity contribution is -0.150. The topological polar surface area (TPSA) is 106 Å². The highest BCUT2D eigenvalue weighted by atomic mass is 32.1. The normalized spacial score (nSPS) is 18.9. The molecule has 1 amide bonds. The van der Waals surface area contributed by atoms with Gasteiger partial charge in [0.15, 0.2) is 0 Å². The summed E-state index contributed by atoms with van der Waals surface area (Å²) in [6, 6.07) is -1.25. The van der Waals surface area contributed by atoms with Crippen LogP contribution >= 0.6 is 11.3 Å². The van der Waals surface area contributed by atoms with Crippen LogP contribution in [0.2, 0.25) is 0 Å². The van der Waals surface area contributed by atoms with E-state index < -0.39 is 41.0 Å². The van der Waals surface area contributed by atoms with Gasteiger partial charge in [0.05, 0.1) is 47.1 Å². The first-order valence-electron chi connectivity index (χ1n) is 10.1. The number of alkyl halides is 3. The van der Waals surface area contributed by atoms with E-state index in [4.69, 9.17) is 4.74 Å². The van der Waals surface area contributed by atoms with E-state index in [9.17, 15) is 32.7 Å². The molecule has 1 aliphatic carbocycles. The number of hydrogen-bond donors (Lipinski definition) is 1. The Morgan fingerprint density at radius 2 is 1.97 bits per heavy atom. The fraction of sp³-hybridized carbons (Fsp3) is 0.600. The molecule has 2 unspecified atom stereocenters. The predicted octanol–water partition coefficient (Wildman–Crippen LogP) is 3.42. The molecule has 0 spiro atoms. The zero-order chi connectivity index (χ0) is 24.9. The van der Waals surface area contributed by atoms with Gasteiger partial charge in [0.25, 0.3) is 5.56 Å². The van der Waals surface area contributed by atoms with Gasteiger partial charge in [-0.25, -0.2) is 9.59 Å². The van der Waals surface area contributed by atoms with E-state index in [0.717, 1.165) is 16.3 Å². The molecule has 2 aromatic heterocycles. The molecule has 13 heteroatoms. The standard InChI is InChI=1S/C20H25F3N4O5S/c1-10-13(9-24-27(18(30)31)19(2,3)4)33-16-14(10)15(28)26(12-8-11(12)20(21,22)23)17(29)25(16)6-7-32-5/h9,11-12H,6-8H2,1-5H3,(H,30,31)/b24-9-. The van der Waals surface area contributed by atoms with Gasteiger partial charge in [-0.3, -0.25) is 13.9 Å². The van der Waals surface area contributed by atoms with Crippen molar-refractivity contribution in [1.29, 1.82) is 0 Å². The number of ether oxygens (including phenoxy) is 1. The van der Waals surface area contributed by atoms with Crippen LogP contribution in [0.5, 0.6) is 0 Å². The van der Waals surface area contributed by atoms with Gasteiger partial charge in [0, 0.05) is 7.11 Å². The fourth-order valence-corrected chi connectivity index (χ4v) is 4.80. The maximum absolute atomic E-state index is 13.2. The number of aryl methyl sites for hydroxylation is 1. The van der Waals surface area contributed by atoms with Crippen LogP contribution in [0.25, 0.3) is 10.2 Å². The molecule has 0 bridgehead atoms. The molecular weight excluding hydrogens is 465 g/mol. The molecule has 2 atom stereocenters. The molecule has 0 saturated heterocycles. The third kappa shape index (κ3) is 4.69. The Morgan fingerprint density at radius 3 is 2.45 bits per heavy atom. The van der Waals surface area contributed by atoms with E-state index in [0.29, 0.717) is 15.0 Å². The van der Waals surface area contributed by atoms with Crippen molar-refractivity contribution in [2.45, 2.75) is 58.4 Å². The number of nitrogens with zero attached hydrogens (tertiary/aromatic N) is 4. The second-order valence-corrected chi connectivity index (χ2v) is 9.87. The quantitative estimate of drug-likeness (QED) is 0.493. The largest absolute Gasteiger partial charge is 0.464 e. The second kappa shape index (κ2) is 8.60. The van der Waals surface area contributed by atoms with Gasteiger partial charge < -0.3 is 9.84 Å². The Morgan fingerprint density at radius 1 is 1.33 bits per heavy atom. The van der Waals surface area contributed by atoms with Crippen LogP contribution in [0, 0.1) is 12.8 Å². The molecule has 1 aliphatic rings. The number of fused-ring (bicyclic) bond motifs is 1. The van der Waals surface area contributed by atoms with Crippen molar-refractivity contribution in [3.63, 3.8) is 0 Å². The lowest BCUT2D eigenvalue weighted by Gasteiger charge is -2.27. The van der Waals surface area contributed by atoms with Crippen molar-refractivity contribution >= 4 is 33.9 Å². The molecule has 182 valence electrons. The number of thiophene rings is 1. The zero-order valence-electron chi connectivity index (χ0n) is 18.8. The molecule has 1 N–H and O–H groups in total. The highest BCUT2D eigenvalue weighted by molar-refractivity contribution is 7.20. The number of amides is 1. The summed E-state index contributed by atoms with van der Waals surface area (Å²) in [7, 11) is 1.42. The molecule has 0 aromatic carbocycles. The Kier molecular flexibility index (Phi) is 6.50. The fourth-order valence-electron chi connectivity index (χ4n) is 3.62. The summed E-state index contributed by atoms with van der Waals surface area (Å²) in [5, 5.41) is 14.4. The summed E-state index contributed by atoms with van der Waals surface area (Å²) < 4.78 is 46.5. The Labute approximate surface area is 190 Å². The minimum atomic E-state index is -4.50. The molecule has 33 heavy (non-hydrogen) atoms. The number of rotatable bonds is 6. The molecule has 1 saturated carbocycles. The van der Waals surface area contributed by atoms with E-state index in [1.807, 2.05) is 0 Å². The van der Waals surface area contributed by atoms with E-state index in [1.54, 1.807) is 27.7 Å². The molecule has 3 rings (SSSR count). The maximum Gasteiger partial charge on any atom is 0.428 e. The van der Waals surface area contributed by atoms with Crippen molar-refractivity contribution in [2.24, 2.45) is 11.0 Å². The number of aromatic nitrogens is 2. The molecular formula is C20H25F3N4O5S. The van der Waals surface area contributed by atoms with Crippen LogP contribution in [0.3, 0.4) is 0 Å². The number of methoxy groups -OCH3 is 1. The van der Waals surface area contributed by atoms with Crippen molar-refractivity contribution in [2.75, 3.05) is 13.7 Å². The smallest absolute Gasteiger partial charge is 0.428 e. The lowest BCUT2D eigenvalue weighted by atomic mass is 10.1. The molecule has 2 aromatic rings. The summed E-state index contributed by atoms with van der Waals surface area (Å²) in [5.74, 6) is -1.74. The Bertz CT molecular complexity index is 1220. The third-order valence-corrected chi connectivity index (χ3v) is 6.66. The van der Waals surface area contributed by atoms with Gasteiger partial charge >= 0.3 is 18.0 Å². The number of halogens is 3. The average molecular weight is 491 g/mol. The van der Waals surface area contributed by atoms with E-state index >= 15 is 0 Å². The van der Waals surface area contributed by atoms with Crippen LogP contribution in [-0.4, -0.2) is 57.0 Å². The predicted molar refractivity (Wildman–Crippen MR) is 117 cm³/mol. The first-order valence-corrected chi connectivity index (χ1v) is 10.9. The summed E-state index contributed by atoms with van der Waals surface area (Å²) in [6.45, 7) is 6.71. The number of carboxylic acid groups (broad SMARTS) is 1. The van der Waals surface area contributed by atoms with Gasteiger partial charge in [0.2, 0.25) is 0 Å². The molecule has 0 aliphatic heterocycles. The SMILES string of the molecule is COCCn1c(=O)n(C2CC2C(F)(F)F)c(=O)c2c(C)c(/C=N\N(C(=O)O)C(C)(C)C)sc21. The van der Waals surface area contributed by atoms with Gasteiger partial charge in [-0.15, -0.1) is 11.3 Å². The maximum atomic E-state index is 13.2. The zero-order valence-corrected chi connectivity index (χ0v) is 19.6. The summed E-state index contributed by atoms with van der Waals surface area (Å²) in [4.78, 5) is 38.5. The Hall–Kier alpha value is -2.67. The highest BCUT2D eigenvalue weighted by Gasteiger charge is 2.57. The van der Waals surface area contributed by atoms with Crippen molar-refractivity contribution in [3.8, 4) is 0 Å². The van der Waals surface area contributed by atoms with Crippen molar-refractivity contribution in [3.05, 3.63) is 31.3 Å². The highest BCUT2D eigenvalue weighted by Crippen LogP contribution is 2.52. The number of hydrogen-bond acceptors (Lipinski definition) is 6. The molecule has 0 radical (unpaired) electrons. The van der Waals surface area contributed by atoms with E-state index in [2.05, 4.69) is 5.10 Å². The summed E-state index contributed by atoms with van der Waals surface area (Å²) in [5.41, 5.74) is -2.04. The monoisotopic (exact) mass is 490 g/mol. The minimum absolute atomic E-state index is 0.0370. The first kappa shape index (κ1) is 25.0. The van der Waals surface area contributed by atoms with E-state index in [-0.39, 0.29) is 29.8 Å². The first-order chi connectivity index (χ1) is 15.2. The third-order valence-electron chi connectivity index (χ3n) is 5.41. The molecule has 1 fully saturated rings. The molecule has 2 heterocycles. The summed E-state index contributed by atoms with van der Waals surface area (Å²) >= 11 is 1.04. The van der Waals surface area contributed by atoms with Crippen molar-refractivity contribution in [1.82, 2.24) is 14.1 Å². The minimum Gasteiger partial charge on any atom is -0.464 e. The van der Waals surface area contributed by atoms with Gasteiger partial charge in [0.1, 0.15) is 4.83 Å². The van der Waals surface area contributed by atoms with Crippen LogP contribution in [0.4, 0.5) is 18.0 Å². The van der Waals surface area contributed by atoms with Gasteiger partial charge in [-0.2, -0.15) is 23.3 Å². The van der Waals surface area contributed by atoms with E-state index in [1.165, 1.54) is 17.9 Å². The lowest BCUT2D eigenvalue weighted by Crippen LogP contribution is -2.41. The number of hydrazone groups is 1. The van der Waals surface area contributed by atoms with Crippen LogP contribution < -0.4 is 11.2 Å². The van der Waals surface area contributed by atoms with Gasteiger partial charge in [-0.1, -0.05) is 0 Å². The van der Waals surface area contributed by atoms with Crippen LogP contribution in [-0.2, 0) is 11.3 Å². The van der Waals surface area contributed by atoms with Crippen LogP contribution in [0.15, 0.2) is 14.7 Å². The Balaban J connectivity index is 2.20. The van der Waals surface area contributed by atoms with Gasteiger partial charge in [-0.05, 0) is 39.7 Å². The molecule has 9 nitrogen and oxygen atoms in total. The summed E-state index contributed by atoms with van der Waals surface area (Å²) in [6.07, 6.45) is -4.82. The van der Waals surface area contributed by atoms with Crippen molar-refractivity contribution < 1.29 is 27.8 Å². The second-order valence-electron chi connectivity index (χ2n) is 8.83.